The highest BCUT2D eigenvalue weighted by Gasteiger charge is 2.18. The fourth-order valence-electron chi connectivity index (χ4n) is 2.77. The minimum Gasteiger partial charge on any atom is -0.301 e. The first-order valence-electron chi connectivity index (χ1n) is 7.19. The maximum atomic E-state index is 4.32. The van der Waals surface area contributed by atoms with Gasteiger partial charge in [-0.3, -0.25) is 4.40 Å². The van der Waals surface area contributed by atoms with Gasteiger partial charge in [0.2, 0.25) is 0 Å². The van der Waals surface area contributed by atoms with E-state index in [4.69, 9.17) is 0 Å². The average molecular weight is 300 g/mol. The summed E-state index contributed by atoms with van der Waals surface area (Å²) in [4.78, 5) is 2.74. The van der Waals surface area contributed by atoms with Crippen LogP contribution in [0.5, 0.6) is 0 Å². The molecule has 0 saturated heterocycles. The molecule has 0 bridgehead atoms. The molecule has 3 heterocycles. The molecule has 5 heteroatoms. The van der Waals surface area contributed by atoms with Crippen molar-refractivity contribution in [3.63, 3.8) is 0 Å². The summed E-state index contributed by atoms with van der Waals surface area (Å²) in [5, 5.41) is 12.2. The van der Waals surface area contributed by atoms with Crippen molar-refractivity contribution in [3.8, 4) is 0 Å². The molecule has 110 valence electrons. The molecule has 1 N–H and O–H groups in total. The molecule has 3 aromatic rings. The number of hydrogen-bond acceptors (Lipinski definition) is 4. The van der Waals surface area contributed by atoms with Crippen LogP contribution < -0.4 is 5.32 Å². The predicted octanol–water partition coefficient (Wildman–Crippen LogP) is 3.82. The number of pyridine rings is 1. The zero-order valence-electron chi connectivity index (χ0n) is 12.8. The first kappa shape index (κ1) is 14.2. The van der Waals surface area contributed by atoms with E-state index in [1.165, 1.54) is 15.3 Å². The molecule has 0 fully saturated rings. The van der Waals surface area contributed by atoms with Crippen molar-refractivity contribution in [2.75, 3.05) is 0 Å². The van der Waals surface area contributed by atoms with Crippen molar-refractivity contribution >= 4 is 17.0 Å². The lowest BCUT2D eigenvalue weighted by Crippen LogP contribution is -2.24. The lowest BCUT2D eigenvalue weighted by atomic mass is 10.1. The number of thiophene rings is 1. The molecule has 0 aromatic carbocycles. The number of aromatic nitrogens is 3. The SMILES string of the molecule is Cc1cc(C(C)NC(C)c2nnc3ccccn23)c(C)s1. The van der Waals surface area contributed by atoms with Crippen molar-refractivity contribution in [2.45, 2.75) is 39.8 Å². The second-order valence-electron chi connectivity index (χ2n) is 5.47. The smallest absolute Gasteiger partial charge is 0.160 e. The molecule has 2 unspecified atom stereocenters. The molecule has 0 aliphatic heterocycles. The first-order chi connectivity index (χ1) is 10.1. The van der Waals surface area contributed by atoms with Crippen LogP contribution in [0.3, 0.4) is 0 Å². The maximum absolute atomic E-state index is 4.32. The van der Waals surface area contributed by atoms with E-state index in [2.05, 4.69) is 49.3 Å². The van der Waals surface area contributed by atoms with Crippen LogP contribution >= 0.6 is 11.3 Å². The van der Waals surface area contributed by atoms with Crippen LogP contribution in [0, 0.1) is 13.8 Å². The van der Waals surface area contributed by atoms with Crippen LogP contribution in [0.25, 0.3) is 5.65 Å². The zero-order valence-corrected chi connectivity index (χ0v) is 13.6. The molecule has 2 atom stereocenters. The Morgan fingerprint density at radius 1 is 1.14 bits per heavy atom. The molecule has 0 amide bonds. The van der Waals surface area contributed by atoms with Crippen LogP contribution in [-0.2, 0) is 0 Å². The first-order valence-corrected chi connectivity index (χ1v) is 8.00. The highest BCUT2D eigenvalue weighted by atomic mass is 32.1. The molecule has 0 spiro atoms. The Labute approximate surface area is 128 Å². The Morgan fingerprint density at radius 3 is 2.67 bits per heavy atom. The quantitative estimate of drug-likeness (QED) is 0.796. The molecule has 0 radical (unpaired) electrons. The summed E-state index contributed by atoms with van der Waals surface area (Å²) in [6.07, 6.45) is 2.01. The van der Waals surface area contributed by atoms with E-state index in [9.17, 15) is 0 Å². The topological polar surface area (TPSA) is 42.2 Å². The van der Waals surface area contributed by atoms with Crippen molar-refractivity contribution in [1.82, 2.24) is 19.9 Å². The maximum Gasteiger partial charge on any atom is 0.160 e. The standard InChI is InChI=1S/C16H20N4S/c1-10-9-14(13(4)21-10)11(2)17-12(3)16-19-18-15-7-5-6-8-20(15)16/h5-9,11-12,17H,1-4H3. The van der Waals surface area contributed by atoms with Gasteiger partial charge in [0.25, 0.3) is 0 Å². The second-order valence-corrected chi connectivity index (χ2v) is 6.93. The number of rotatable bonds is 4. The lowest BCUT2D eigenvalue weighted by Gasteiger charge is -2.19. The summed E-state index contributed by atoms with van der Waals surface area (Å²) in [5.41, 5.74) is 2.26. The van der Waals surface area contributed by atoms with Crippen molar-refractivity contribution in [1.29, 1.82) is 0 Å². The molecule has 0 aliphatic carbocycles. The Hall–Kier alpha value is -1.72. The van der Waals surface area contributed by atoms with E-state index in [0.717, 1.165) is 11.5 Å². The molecule has 3 rings (SSSR count). The van der Waals surface area contributed by atoms with Crippen molar-refractivity contribution < 1.29 is 0 Å². The third-order valence-electron chi connectivity index (χ3n) is 3.77. The van der Waals surface area contributed by atoms with Crippen molar-refractivity contribution in [2.24, 2.45) is 0 Å². The van der Waals surface area contributed by atoms with Gasteiger partial charge in [0.1, 0.15) is 0 Å². The van der Waals surface area contributed by atoms with E-state index in [0.29, 0.717) is 6.04 Å². The van der Waals surface area contributed by atoms with Crippen LogP contribution in [0.2, 0.25) is 0 Å². The zero-order chi connectivity index (χ0) is 15.0. The molecule has 0 saturated carbocycles. The van der Waals surface area contributed by atoms with Gasteiger partial charge in [0.15, 0.2) is 11.5 Å². The highest BCUT2D eigenvalue weighted by molar-refractivity contribution is 7.12. The summed E-state index contributed by atoms with van der Waals surface area (Å²) >= 11 is 1.85. The van der Waals surface area contributed by atoms with Gasteiger partial charge < -0.3 is 5.32 Å². The van der Waals surface area contributed by atoms with E-state index >= 15 is 0 Å². The molecule has 0 aliphatic rings. The van der Waals surface area contributed by atoms with Crippen LogP contribution in [0.15, 0.2) is 30.5 Å². The van der Waals surface area contributed by atoms with Crippen LogP contribution in [0.4, 0.5) is 0 Å². The van der Waals surface area contributed by atoms with Gasteiger partial charge in [-0.1, -0.05) is 6.07 Å². The third-order valence-corrected chi connectivity index (χ3v) is 4.75. The molecule has 4 nitrogen and oxygen atoms in total. The third kappa shape index (κ3) is 2.71. The average Bonchev–Trinajstić information content (AvgIpc) is 3.01. The lowest BCUT2D eigenvalue weighted by molar-refractivity contribution is 0.473. The molecule has 3 aromatic heterocycles. The van der Waals surface area contributed by atoms with Gasteiger partial charge in [0, 0.05) is 22.0 Å². The molecular weight excluding hydrogens is 280 g/mol. The van der Waals surface area contributed by atoms with Gasteiger partial charge >= 0.3 is 0 Å². The van der Waals surface area contributed by atoms with E-state index < -0.39 is 0 Å². The number of nitrogens with zero attached hydrogens (tertiary/aromatic N) is 3. The minimum absolute atomic E-state index is 0.136. The Kier molecular flexibility index (Phi) is 3.78. The fraction of sp³-hybridized carbons (Fsp3) is 0.375. The van der Waals surface area contributed by atoms with Crippen LogP contribution in [-0.4, -0.2) is 14.6 Å². The minimum atomic E-state index is 0.136. The number of fused-ring (bicyclic) bond motifs is 1. The summed E-state index contributed by atoms with van der Waals surface area (Å²) < 4.78 is 2.04. The molecule has 21 heavy (non-hydrogen) atoms. The Bertz CT molecular complexity index is 759. The number of hydrogen-bond donors (Lipinski definition) is 1. The van der Waals surface area contributed by atoms with Gasteiger partial charge in [-0.05, 0) is 51.5 Å². The van der Waals surface area contributed by atoms with Gasteiger partial charge in [0.05, 0.1) is 6.04 Å². The summed E-state index contributed by atoms with van der Waals surface area (Å²) in [7, 11) is 0. The monoisotopic (exact) mass is 300 g/mol. The van der Waals surface area contributed by atoms with Crippen molar-refractivity contribution in [3.05, 3.63) is 51.6 Å². The van der Waals surface area contributed by atoms with Gasteiger partial charge in [-0.2, -0.15) is 0 Å². The summed E-state index contributed by atoms with van der Waals surface area (Å²) in [6.45, 7) is 8.67. The second kappa shape index (κ2) is 5.58. The summed E-state index contributed by atoms with van der Waals surface area (Å²) in [5.74, 6) is 0.946. The van der Waals surface area contributed by atoms with E-state index in [-0.39, 0.29) is 6.04 Å². The normalized spacial score (nSPS) is 14.5. The van der Waals surface area contributed by atoms with Gasteiger partial charge in [-0.25, -0.2) is 0 Å². The molecular formula is C16H20N4S. The largest absolute Gasteiger partial charge is 0.301 e. The Balaban J connectivity index is 1.83. The predicted molar refractivity (Wildman–Crippen MR) is 86.7 cm³/mol. The van der Waals surface area contributed by atoms with Crippen LogP contribution in [0.1, 0.15) is 47.1 Å². The Morgan fingerprint density at radius 2 is 1.95 bits per heavy atom. The number of aryl methyl sites for hydroxylation is 2. The summed E-state index contributed by atoms with van der Waals surface area (Å²) in [6, 6.07) is 8.65. The fourth-order valence-corrected chi connectivity index (χ4v) is 3.80. The number of nitrogens with one attached hydrogen (secondary N) is 1. The van der Waals surface area contributed by atoms with E-state index in [1.807, 2.05) is 40.1 Å². The van der Waals surface area contributed by atoms with E-state index in [1.54, 1.807) is 0 Å². The highest BCUT2D eigenvalue weighted by Crippen LogP contribution is 2.27. The van der Waals surface area contributed by atoms with Gasteiger partial charge in [-0.15, -0.1) is 21.5 Å².